The quantitative estimate of drug-likeness (QED) is 0.532. The van der Waals surface area contributed by atoms with E-state index in [4.69, 9.17) is 4.74 Å². The second-order valence-corrected chi connectivity index (χ2v) is 10.4. The van der Waals surface area contributed by atoms with Crippen LogP contribution in [0.4, 0.5) is 9.18 Å². The normalized spacial score (nSPS) is 20.1. The van der Waals surface area contributed by atoms with E-state index in [9.17, 15) is 19.1 Å². The van der Waals surface area contributed by atoms with Crippen molar-refractivity contribution >= 4 is 12.0 Å². The minimum atomic E-state index is -1.23. The van der Waals surface area contributed by atoms with Crippen molar-refractivity contribution in [1.29, 1.82) is 0 Å². The Labute approximate surface area is 206 Å². The summed E-state index contributed by atoms with van der Waals surface area (Å²) >= 11 is 0. The fourth-order valence-electron chi connectivity index (χ4n) is 4.28. The molecule has 7 nitrogen and oxygen atoms in total. The molecule has 1 aliphatic rings. The maximum Gasteiger partial charge on any atom is 0.407 e. The number of amides is 2. The molecule has 1 aliphatic heterocycles. The third-order valence-electron chi connectivity index (χ3n) is 5.86. The lowest BCUT2D eigenvalue weighted by atomic mass is 9.96. The van der Waals surface area contributed by atoms with Crippen LogP contribution < -0.4 is 10.6 Å². The van der Waals surface area contributed by atoms with Crippen LogP contribution in [0.3, 0.4) is 0 Å². The molecule has 1 unspecified atom stereocenters. The lowest BCUT2D eigenvalue weighted by Gasteiger charge is -2.29. The number of nitrogens with one attached hydrogen (secondary N) is 2. The molecule has 190 valence electrons. The van der Waals surface area contributed by atoms with Gasteiger partial charge in [-0.15, -0.1) is 0 Å². The number of aliphatic hydroxyl groups excluding tert-OH is 1. The van der Waals surface area contributed by atoms with Crippen LogP contribution in [0.25, 0.3) is 0 Å². The molecule has 3 N–H and O–H groups in total. The Morgan fingerprint density at radius 3 is 2.40 bits per heavy atom. The number of hydrogen-bond acceptors (Lipinski definition) is 5. The summed E-state index contributed by atoms with van der Waals surface area (Å²) in [5, 5.41) is 17.4. The number of rotatable bonds is 8. The number of nitrogens with zero attached hydrogens (tertiary/aromatic N) is 1. The Morgan fingerprint density at radius 1 is 1.14 bits per heavy atom. The predicted molar refractivity (Wildman–Crippen MR) is 132 cm³/mol. The summed E-state index contributed by atoms with van der Waals surface area (Å²) in [6, 6.07) is 13.8. The topological polar surface area (TPSA) is 90.9 Å². The predicted octanol–water partition coefficient (Wildman–Crippen LogP) is 3.61. The number of hydrogen-bond donors (Lipinski definition) is 3. The molecule has 2 aromatic carbocycles. The summed E-state index contributed by atoms with van der Waals surface area (Å²) in [5.74, 6) is -0.634. The highest BCUT2D eigenvalue weighted by molar-refractivity contribution is 5.85. The minimum absolute atomic E-state index is 0.0381. The van der Waals surface area contributed by atoms with Crippen LogP contribution in [-0.4, -0.2) is 52.0 Å². The number of carbonyl (C=O) groups excluding carboxylic acids is 2. The second-order valence-electron chi connectivity index (χ2n) is 10.4. The van der Waals surface area contributed by atoms with Gasteiger partial charge >= 0.3 is 6.09 Å². The van der Waals surface area contributed by atoms with E-state index in [1.807, 2.05) is 44.2 Å². The van der Waals surface area contributed by atoms with Gasteiger partial charge in [0.25, 0.3) is 0 Å². The Morgan fingerprint density at radius 2 is 1.80 bits per heavy atom. The van der Waals surface area contributed by atoms with Gasteiger partial charge in [0, 0.05) is 6.54 Å². The van der Waals surface area contributed by atoms with E-state index in [1.54, 1.807) is 37.8 Å². The van der Waals surface area contributed by atoms with E-state index in [1.165, 1.54) is 12.1 Å². The Hall–Kier alpha value is -2.97. The molecule has 2 amide bonds. The number of ether oxygens (including phenoxy) is 1. The molecule has 0 radical (unpaired) electrons. The zero-order valence-corrected chi connectivity index (χ0v) is 21.0. The minimum Gasteiger partial charge on any atom is -0.444 e. The van der Waals surface area contributed by atoms with Gasteiger partial charge in [-0.3, -0.25) is 10.1 Å². The maximum atomic E-state index is 13.7. The molecule has 8 heteroatoms. The first-order valence-corrected chi connectivity index (χ1v) is 12.0. The molecule has 1 fully saturated rings. The summed E-state index contributed by atoms with van der Waals surface area (Å²) in [5.41, 5.74) is 0.849. The monoisotopic (exact) mass is 485 g/mol. The van der Waals surface area contributed by atoms with Crippen molar-refractivity contribution < 1.29 is 23.8 Å². The van der Waals surface area contributed by atoms with Crippen LogP contribution in [0.1, 0.15) is 45.7 Å². The van der Waals surface area contributed by atoms with Crippen LogP contribution in [0.2, 0.25) is 0 Å². The highest BCUT2D eigenvalue weighted by atomic mass is 19.1. The summed E-state index contributed by atoms with van der Waals surface area (Å²) in [6.45, 7) is 9.42. The first-order valence-electron chi connectivity index (χ1n) is 12.0. The number of aliphatic hydroxyl groups is 1. The largest absolute Gasteiger partial charge is 0.444 e. The molecule has 4 atom stereocenters. The van der Waals surface area contributed by atoms with Crippen LogP contribution in [-0.2, 0) is 22.5 Å². The maximum absolute atomic E-state index is 13.7. The standard InChI is InChI=1S/C27H36FN3O4/c1-17(2)24-30-22(25(33)31(24)16-19-12-9-13-20(28)14-19)23(32)21(15-18-10-7-6-8-11-18)29-26(34)35-27(3,4)5/h6-14,17,21-24,30,32H,15-16H2,1-5H3,(H,29,34)/t21-,22-,23-,24?/m0/s1. The Kier molecular flexibility index (Phi) is 8.51. The SMILES string of the molecule is CC(C)C1N[C@@H]([C@@H](O)[C@H](Cc2ccccc2)NC(=O)OC(C)(C)C)C(=O)N1Cc1cccc(F)c1. The number of alkyl carbamates (subject to hydrolysis) is 1. The molecule has 3 rings (SSSR count). The van der Waals surface area contributed by atoms with Crippen LogP contribution in [0.5, 0.6) is 0 Å². The van der Waals surface area contributed by atoms with Gasteiger partial charge in [0.1, 0.15) is 17.5 Å². The van der Waals surface area contributed by atoms with Crippen molar-refractivity contribution in [3.8, 4) is 0 Å². The summed E-state index contributed by atoms with van der Waals surface area (Å²) in [6.07, 6.45) is -1.94. The molecule has 0 bridgehead atoms. The zero-order chi connectivity index (χ0) is 25.8. The molecule has 0 saturated carbocycles. The van der Waals surface area contributed by atoms with E-state index < -0.39 is 29.9 Å². The first kappa shape index (κ1) is 26.6. The van der Waals surface area contributed by atoms with Crippen molar-refractivity contribution in [2.75, 3.05) is 0 Å². The average Bonchev–Trinajstić information content (AvgIpc) is 3.08. The van der Waals surface area contributed by atoms with E-state index in [0.717, 1.165) is 5.56 Å². The molecular formula is C27H36FN3O4. The molecule has 0 aromatic heterocycles. The van der Waals surface area contributed by atoms with Crippen LogP contribution >= 0.6 is 0 Å². The second kappa shape index (κ2) is 11.2. The summed E-state index contributed by atoms with van der Waals surface area (Å²) in [4.78, 5) is 27.7. The van der Waals surface area contributed by atoms with Crippen molar-refractivity contribution in [3.05, 3.63) is 71.5 Å². The van der Waals surface area contributed by atoms with Gasteiger partial charge in [-0.2, -0.15) is 0 Å². The van der Waals surface area contributed by atoms with Gasteiger partial charge in [-0.05, 0) is 56.4 Å². The number of halogens is 1. The fourth-order valence-corrected chi connectivity index (χ4v) is 4.28. The van der Waals surface area contributed by atoms with E-state index in [-0.39, 0.29) is 30.4 Å². The molecule has 2 aromatic rings. The summed E-state index contributed by atoms with van der Waals surface area (Å²) < 4.78 is 19.1. The van der Waals surface area contributed by atoms with Crippen molar-refractivity contribution in [1.82, 2.24) is 15.5 Å². The van der Waals surface area contributed by atoms with E-state index in [2.05, 4.69) is 10.6 Å². The molecular weight excluding hydrogens is 449 g/mol. The molecule has 1 heterocycles. The van der Waals surface area contributed by atoms with E-state index in [0.29, 0.717) is 12.0 Å². The number of carbonyl (C=O) groups is 2. The van der Waals surface area contributed by atoms with Crippen molar-refractivity contribution in [2.45, 2.75) is 77.5 Å². The van der Waals surface area contributed by atoms with Gasteiger partial charge in [0.05, 0.1) is 18.3 Å². The van der Waals surface area contributed by atoms with Crippen molar-refractivity contribution in [2.24, 2.45) is 5.92 Å². The Balaban J connectivity index is 1.83. The van der Waals surface area contributed by atoms with Gasteiger partial charge in [0.2, 0.25) is 5.91 Å². The van der Waals surface area contributed by atoms with Crippen LogP contribution in [0.15, 0.2) is 54.6 Å². The average molecular weight is 486 g/mol. The number of benzene rings is 2. The van der Waals surface area contributed by atoms with Crippen LogP contribution in [0, 0.1) is 11.7 Å². The van der Waals surface area contributed by atoms with Gasteiger partial charge in [-0.1, -0.05) is 56.3 Å². The highest BCUT2D eigenvalue weighted by Crippen LogP contribution is 2.24. The fraction of sp³-hybridized carbons (Fsp3) is 0.481. The molecule has 1 saturated heterocycles. The lowest BCUT2D eigenvalue weighted by molar-refractivity contribution is -0.133. The van der Waals surface area contributed by atoms with Crippen molar-refractivity contribution in [3.63, 3.8) is 0 Å². The lowest BCUT2D eigenvalue weighted by Crippen LogP contribution is -2.55. The van der Waals surface area contributed by atoms with Gasteiger partial charge < -0.3 is 20.1 Å². The Bertz CT molecular complexity index is 1010. The molecule has 0 aliphatic carbocycles. The summed E-state index contributed by atoms with van der Waals surface area (Å²) in [7, 11) is 0. The molecule has 35 heavy (non-hydrogen) atoms. The zero-order valence-electron chi connectivity index (χ0n) is 21.0. The molecule has 0 spiro atoms. The third kappa shape index (κ3) is 7.26. The van der Waals surface area contributed by atoms with E-state index >= 15 is 0 Å². The third-order valence-corrected chi connectivity index (χ3v) is 5.86. The first-order chi connectivity index (χ1) is 16.4. The highest BCUT2D eigenvalue weighted by Gasteiger charge is 2.46. The van der Waals surface area contributed by atoms with Gasteiger partial charge in [0.15, 0.2) is 0 Å². The smallest absolute Gasteiger partial charge is 0.407 e. The van der Waals surface area contributed by atoms with Gasteiger partial charge in [-0.25, -0.2) is 9.18 Å².